The minimum absolute atomic E-state index is 0.0752. The molecule has 7 heteroatoms. The topological polar surface area (TPSA) is 91.2 Å². The van der Waals surface area contributed by atoms with Crippen molar-refractivity contribution in [1.82, 2.24) is 10.6 Å². The van der Waals surface area contributed by atoms with Crippen LogP contribution in [0.2, 0.25) is 0 Å². The molecule has 0 saturated carbocycles. The molecule has 0 fully saturated rings. The average molecular weight is 245 g/mol. The first kappa shape index (κ1) is 14.6. The lowest BCUT2D eigenvalue weighted by atomic mass is 10.3. The van der Waals surface area contributed by atoms with Gasteiger partial charge in [0.25, 0.3) is 0 Å². The molecule has 0 heterocycles. The molecule has 0 aliphatic rings. The van der Waals surface area contributed by atoms with Crippen molar-refractivity contribution < 1.29 is 14.3 Å². The van der Waals surface area contributed by atoms with E-state index in [1.807, 2.05) is 6.26 Å². The molecule has 0 aromatic heterocycles. The van der Waals surface area contributed by atoms with E-state index in [1.54, 1.807) is 13.0 Å². The zero-order valence-electron chi connectivity index (χ0n) is 9.28. The summed E-state index contributed by atoms with van der Waals surface area (Å²) in [6, 6.07) is 1.11. The number of nitrogens with one attached hydrogen (secondary N) is 2. The van der Waals surface area contributed by atoms with Gasteiger partial charge in [-0.3, -0.25) is 4.79 Å². The Bertz CT molecular complexity index is 278. The molecule has 1 atom stereocenters. The van der Waals surface area contributed by atoms with E-state index < -0.39 is 12.1 Å². The van der Waals surface area contributed by atoms with E-state index in [9.17, 15) is 9.59 Å². The molecule has 2 N–H and O–H groups in total. The van der Waals surface area contributed by atoms with E-state index in [0.717, 1.165) is 0 Å². The number of nitriles is 1. The molecule has 0 spiro atoms. The van der Waals surface area contributed by atoms with Crippen molar-refractivity contribution in [3.63, 3.8) is 0 Å². The highest BCUT2D eigenvalue weighted by molar-refractivity contribution is 7.98. The predicted molar refractivity (Wildman–Crippen MR) is 61.0 cm³/mol. The monoisotopic (exact) mass is 245 g/mol. The Labute approximate surface area is 98.7 Å². The van der Waals surface area contributed by atoms with E-state index in [1.165, 1.54) is 11.8 Å². The van der Waals surface area contributed by atoms with Crippen molar-refractivity contribution in [2.75, 3.05) is 25.2 Å². The molecule has 90 valence electrons. The van der Waals surface area contributed by atoms with Crippen molar-refractivity contribution >= 4 is 23.8 Å². The number of carbonyl (C=O) groups is 2. The van der Waals surface area contributed by atoms with Gasteiger partial charge in [0.2, 0.25) is 5.91 Å². The third kappa shape index (κ3) is 6.14. The van der Waals surface area contributed by atoms with Gasteiger partial charge in [-0.15, -0.1) is 0 Å². The van der Waals surface area contributed by atoms with Crippen molar-refractivity contribution in [2.45, 2.75) is 13.0 Å². The number of thioether (sulfide) groups is 1. The minimum atomic E-state index is -0.678. The van der Waals surface area contributed by atoms with E-state index in [-0.39, 0.29) is 19.1 Å². The van der Waals surface area contributed by atoms with Crippen LogP contribution in [-0.4, -0.2) is 43.2 Å². The van der Waals surface area contributed by atoms with E-state index >= 15 is 0 Å². The first-order valence-electron chi connectivity index (χ1n) is 4.72. The van der Waals surface area contributed by atoms with Crippen LogP contribution in [0.15, 0.2) is 0 Å². The van der Waals surface area contributed by atoms with Gasteiger partial charge < -0.3 is 15.4 Å². The zero-order valence-corrected chi connectivity index (χ0v) is 10.1. The highest BCUT2D eigenvalue weighted by Crippen LogP contribution is 1.98. The van der Waals surface area contributed by atoms with Gasteiger partial charge in [0.1, 0.15) is 12.6 Å². The average Bonchev–Trinajstić information content (AvgIpc) is 2.25. The molecule has 16 heavy (non-hydrogen) atoms. The Hall–Kier alpha value is -1.42. The van der Waals surface area contributed by atoms with Gasteiger partial charge >= 0.3 is 6.09 Å². The summed E-state index contributed by atoms with van der Waals surface area (Å²) in [5.74, 6) is 0.0414. The maximum Gasteiger partial charge on any atom is 0.407 e. The lowest BCUT2D eigenvalue weighted by Crippen LogP contribution is -2.48. The maximum atomic E-state index is 11.5. The smallest absolute Gasteiger partial charge is 0.407 e. The fraction of sp³-hybridized carbons (Fsp3) is 0.667. The first-order valence-corrected chi connectivity index (χ1v) is 6.12. The summed E-state index contributed by atoms with van der Waals surface area (Å²) >= 11 is 1.42. The normalized spacial score (nSPS) is 11.1. The molecule has 0 aliphatic carbocycles. The third-order valence-corrected chi connectivity index (χ3v) is 2.23. The molecular weight excluding hydrogens is 230 g/mol. The second kappa shape index (κ2) is 8.85. The lowest BCUT2D eigenvalue weighted by Gasteiger charge is -2.15. The Morgan fingerprint density at radius 3 is 2.75 bits per heavy atom. The predicted octanol–water partition coefficient (Wildman–Crippen LogP) is 0.104. The van der Waals surface area contributed by atoms with E-state index in [4.69, 9.17) is 5.26 Å². The van der Waals surface area contributed by atoms with Crippen LogP contribution in [0.5, 0.6) is 0 Å². The van der Waals surface area contributed by atoms with Crippen LogP contribution >= 0.6 is 11.8 Å². The molecule has 0 bridgehead atoms. The van der Waals surface area contributed by atoms with Crippen LogP contribution in [0.4, 0.5) is 4.79 Å². The van der Waals surface area contributed by atoms with Gasteiger partial charge in [0.05, 0.1) is 12.7 Å². The second-order valence-electron chi connectivity index (χ2n) is 2.75. The summed E-state index contributed by atoms with van der Waals surface area (Å²) in [5, 5.41) is 13.1. The van der Waals surface area contributed by atoms with Crippen LogP contribution in [0.1, 0.15) is 6.92 Å². The third-order valence-electron chi connectivity index (χ3n) is 1.56. The molecule has 0 rings (SSSR count). The van der Waals surface area contributed by atoms with Crippen molar-refractivity contribution in [1.29, 1.82) is 5.26 Å². The van der Waals surface area contributed by atoms with Gasteiger partial charge in [-0.25, -0.2) is 4.79 Å². The van der Waals surface area contributed by atoms with Crippen LogP contribution in [0.3, 0.4) is 0 Å². The summed E-state index contributed by atoms with van der Waals surface area (Å²) in [6.07, 6.45) is 1.19. The van der Waals surface area contributed by atoms with Crippen molar-refractivity contribution in [2.24, 2.45) is 0 Å². The number of hydrogen-bond acceptors (Lipinski definition) is 5. The Kier molecular flexibility index (Phi) is 8.07. The Morgan fingerprint density at radius 2 is 2.25 bits per heavy atom. The lowest BCUT2D eigenvalue weighted by molar-refractivity contribution is -0.122. The fourth-order valence-corrected chi connectivity index (χ4v) is 1.48. The summed E-state index contributed by atoms with van der Waals surface area (Å²) in [5.41, 5.74) is 0. The summed E-state index contributed by atoms with van der Waals surface area (Å²) in [4.78, 5) is 22.6. The molecule has 0 radical (unpaired) electrons. The van der Waals surface area contributed by atoms with Crippen molar-refractivity contribution in [3.05, 3.63) is 0 Å². The minimum Gasteiger partial charge on any atom is -0.450 e. The van der Waals surface area contributed by atoms with Crippen molar-refractivity contribution in [3.8, 4) is 6.07 Å². The molecule has 0 saturated heterocycles. The number of alkyl carbamates (subject to hydrolysis) is 1. The number of ether oxygens (including phenoxy) is 1. The largest absolute Gasteiger partial charge is 0.450 e. The molecule has 0 aromatic rings. The number of amides is 2. The van der Waals surface area contributed by atoms with Gasteiger partial charge in [0, 0.05) is 5.75 Å². The van der Waals surface area contributed by atoms with Gasteiger partial charge in [-0.2, -0.15) is 17.0 Å². The fourth-order valence-electron chi connectivity index (χ4n) is 0.914. The molecule has 2 amide bonds. The highest BCUT2D eigenvalue weighted by Gasteiger charge is 2.20. The highest BCUT2D eigenvalue weighted by atomic mass is 32.2. The van der Waals surface area contributed by atoms with Crippen LogP contribution < -0.4 is 10.6 Å². The number of carbonyl (C=O) groups excluding carboxylic acids is 2. The number of rotatable bonds is 6. The first-order chi connectivity index (χ1) is 7.65. The van der Waals surface area contributed by atoms with Crippen LogP contribution in [0, 0.1) is 11.3 Å². The summed E-state index contributed by atoms with van der Waals surface area (Å²) in [7, 11) is 0. The standard InChI is InChI=1S/C9H15N3O3S/c1-3-15-9(14)12-7(6-16-2)8(13)11-5-4-10/h7H,3,5-6H2,1-2H3,(H,11,13)(H,12,14). The van der Waals surface area contributed by atoms with E-state index in [0.29, 0.717) is 5.75 Å². The van der Waals surface area contributed by atoms with E-state index in [2.05, 4.69) is 15.4 Å². The van der Waals surface area contributed by atoms with Crippen LogP contribution in [-0.2, 0) is 9.53 Å². The summed E-state index contributed by atoms with van der Waals surface area (Å²) < 4.78 is 4.67. The molecule has 0 aromatic carbocycles. The molecule has 0 aliphatic heterocycles. The Morgan fingerprint density at radius 1 is 1.56 bits per heavy atom. The number of hydrogen-bond donors (Lipinski definition) is 2. The number of nitrogens with zero attached hydrogens (tertiary/aromatic N) is 1. The van der Waals surface area contributed by atoms with Gasteiger partial charge in [-0.1, -0.05) is 0 Å². The quantitative estimate of drug-likeness (QED) is 0.648. The summed E-state index contributed by atoms with van der Waals surface area (Å²) in [6.45, 7) is 1.85. The van der Waals surface area contributed by atoms with Gasteiger partial charge in [-0.05, 0) is 13.2 Å². The molecule has 6 nitrogen and oxygen atoms in total. The molecule has 1 unspecified atom stereocenters. The van der Waals surface area contributed by atoms with Crippen LogP contribution in [0.25, 0.3) is 0 Å². The molecular formula is C9H15N3O3S. The second-order valence-corrected chi connectivity index (χ2v) is 3.66. The Balaban J connectivity index is 4.20. The zero-order chi connectivity index (χ0) is 12.4. The van der Waals surface area contributed by atoms with Gasteiger partial charge in [0.15, 0.2) is 0 Å². The maximum absolute atomic E-state index is 11.5. The SMILES string of the molecule is CCOC(=O)NC(CSC)C(=O)NCC#N.